The molecule has 1 saturated heterocycles. The quantitative estimate of drug-likeness (QED) is 0.545. The van der Waals surface area contributed by atoms with Crippen molar-refractivity contribution >= 4 is 11.9 Å². The van der Waals surface area contributed by atoms with Gasteiger partial charge in [0, 0.05) is 18.9 Å². The maximum atomic E-state index is 10.8. The summed E-state index contributed by atoms with van der Waals surface area (Å²) in [5.74, 6) is 0.387. The van der Waals surface area contributed by atoms with Crippen LogP contribution < -0.4 is 16.2 Å². The molecule has 0 saturated carbocycles. The first kappa shape index (κ1) is 8.06. The van der Waals surface area contributed by atoms with E-state index in [2.05, 4.69) is 15.4 Å². The zero-order valence-corrected chi connectivity index (χ0v) is 7.03. The van der Waals surface area contributed by atoms with Gasteiger partial charge in [-0.15, -0.1) is 0 Å². The molecule has 13 heavy (non-hydrogen) atoms. The Morgan fingerprint density at radius 2 is 2.62 bits per heavy atom. The lowest BCUT2D eigenvalue weighted by Crippen LogP contribution is -2.43. The molecule has 1 aromatic rings. The standard InChI is InChI=1S/C7H11N5O/c8-6(13)5-1-4-12(11-5)7-9-2-3-10-7/h2-3,5,11H,1,4H2,(H2,8,13)(H,9,10). The lowest BCUT2D eigenvalue weighted by molar-refractivity contribution is -0.119. The molecule has 1 unspecified atom stereocenters. The number of aromatic nitrogens is 2. The largest absolute Gasteiger partial charge is 0.368 e. The Kier molecular flexibility index (Phi) is 1.90. The zero-order chi connectivity index (χ0) is 9.26. The summed E-state index contributed by atoms with van der Waals surface area (Å²) in [6, 6.07) is -0.273. The van der Waals surface area contributed by atoms with Crippen molar-refractivity contribution in [2.24, 2.45) is 5.73 Å². The predicted octanol–water partition coefficient (Wildman–Crippen LogP) is -1.02. The fourth-order valence-electron chi connectivity index (χ4n) is 1.35. The first-order valence-corrected chi connectivity index (χ1v) is 4.10. The van der Waals surface area contributed by atoms with Crippen LogP contribution in [0.4, 0.5) is 5.95 Å². The minimum absolute atomic E-state index is 0.273. The van der Waals surface area contributed by atoms with E-state index >= 15 is 0 Å². The molecule has 70 valence electrons. The van der Waals surface area contributed by atoms with Gasteiger partial charge in [0.25, 0.3) is 0 Å². The van der Waals surface area contributed by atoms with Gasteiger partial charge in [0.1, 0.15) is 6.04 Å². The summed E-state index contributed by atoms with van der Waals surface area (Å²) >= 11 is 0. The third kappa shape index (κ3) is 1.48. The number of carbonyl (C=O) groups is 1. The lowest BCUT2D eigenvalue weighted by Gasteiger charge is -2.14. The molecule has 1 aliphatic rings. The molecule has 0 bridgehead atoms. The number of anilines is 1. The number of H-pyrrole nitrogens is 1. The fraction of sp³-hybridized carbons (Fsp3) is 0.429. The second-order valence-electron chi connectivity index (χ2n) is 2.94. The highest BCUT2D eigenvalue weighted by atomic mass is 16.1. The average molecular weight is 181 g/mol. The monoisotopic (exact) mass is 181 g/mol. The van der Waals surface area contributed by atoms with Crippen molar-refractivity contribution in [2.75, 3.05) is 11.6 Å². The molecule has 1 aliphatic heterocycles. The van der Waals surface area contributed by atoms with Crippen LogP contribution in [-0.4, -0.2) is 28.5 Å². The number of aromatic amines is 1. The Balaban J connectivity index is 2.03. The number of imidazole rings is 1. The molecule has 1 fully saturated rings. The summed E-state index contributed by atoms with van der Waals surface area (Å²) in [5.41, 5.74) is 8.11. The average Bonchev–Trinajstić information content (AvgIpc) is 2.75. The topological polar surface area (TPSA) is 87.0 Å². The van der Waals surface area contributed by atoms with Crippen LogP contribution in [0.5, 0.6) is 0 Å². The van der Waals surface area contributed by atoms with Gasteiger partial charge in [0.15, 0.2) is 0 Å². The van der Waals surface area contributed by atoms with Crippen molar-refractivity contribution in [3.63, 3.8) is 0 Å². The Morgan fingerprint density at radius 1 is 1.77 bits per heavy atom. The second-order valence-corrected chi connectivity index (χ2v) is 2.94. The van der Waals surface area contributed by atoms with Crippen molar-refractivity contribution in [3.05, 3.63) is 12.4 Å². The van der Waals surface area contributed by atoms with Crippen LogP contribution >= 0.6 is 0 Å². The van der Waals surface area contributed by atoms with Crippen LogP contribution in [0.15, 0.2) is 12.4 Å². The summed E-state index contributed by atoms with van der Waals surface area (Å²) in [6.45, 7) is 0.737. The van der Waals surface area contributed by atoms with E-state index in [0.29, 0.717) is 5.95 Å². The number of rotatable bonds is 2. The number of nitrogens with two attached hydrogens (primary N) is 1. The van der Waals surface area contributed by atoms with E-state index in [-0.39, 0.29) is 11.9 Å². The number of nitrogens with one attached hydrogen (secondary N) is 2. The van der Waals surface area contributed by atoms with Crippen molar-refractivity contribution in [1.29, 1.82) is 0 Å². The first-order valence-electron chi connectivity index (χ1n) is 4.10. The SMILES string of the molecule is NC(=O)C1CCN(c2ncc[nH]2)N1. The summed E-state index contributed by atoms with van der Waals surface area (Å²) in [5, 5.41) is 1.79. The molecule has 1 atom stereocenters. The Bertz CT molecular complexity index is 296. The van der Waals surface area contributed by atoms with Crippen LogP contribution in [0.1, 0.15) is 6.42 Å². The Labute approximate surface area is 75.1 Å². The van der Waals surface area contributed by atoms with Crippen LogP contribution in [0.2, 0.25) is 0 Å². The van der Waals surface area contributed by atoms with Crippen LogP contribution in [-0.2, 0) is 4.79 Å². The summed E-state index contributed by atoms with van der Waals surface area (Å²) in [6.07, 6.45) is 4.11. The molecule has 0 radical (unpaired) electrons. The Hall–Kier alpha value is -1.56. The maximum absolute atomic E-state index is 10.8. The molecule has 4 N–H and O–H groups in total. The molecule has 1 amide bonds. The van der Waals surface area contributed by atoms with Crippen LogP contribution in [0.3, 0.4) is 0 Å². The van der Waals surface area contributed by atoms with E-state index in [1.54, 1.807) is 17.4 Å². The molecular formula is C7H11N5O. The third-order valence-electron chi connectivity index (χ3n) is 2.04. The molecular weight excluding hydrogens is 170 g/mol. The normalized spacial score (nSPS) is 22.2. The highest BCUT2D eigenvalue weighted by Gasteiger charge is 2.26. The molecule has 2 rings (SSSR count). The van der Waals surface area contributed by atoms with Gasteiger partial charge in [-0.25, -0.2) is 10.4 Å². The van der Waals surface area contributed by atoms with E-state index in [9.17, 15) is 4.79 Å². The third-order valence-corrected chi connectivity index (χ3v) is 2.04. The molecule has 6 heteroatoms. The van der Waals surface area contributed by atoms with Gasteiger partial charge < -0.3 is 10.7 Å². The van der Waals surface area contributed by atoms with E-state index in [1.807, 2.05) is 0 Å². The highest BCUT2D eigenvalue weighted by Crippen LogP contribution is 2.11. The van der Waals surface area contributed by atoms with Crippen LogP contribution in [0, 0.1) is 0 Å². The van der Waals surface area contributed by atoms with Crippen molar-refractivity contribution < 1.29 is 4.79 Å². The molecule has 0 aromatic carbocycles. The van der Waals surface area contributed by atoms with Crippen molar-refractivity contribution in [3.8, 4) is 0 Å². The first-order chi connectivity index (χ1) is 6.27. The van der Waals surface area contributed by atoms with E-state index in [1.165, 1.54) is 0 Å². The minimum Gasteiger partial charge on any atom is -0.368 e. The summed E-state index contributed by atoms with van der Waals surface area (Å²) < 4.78 is 0. The van der Waals surface area contributed by atoms with E-state index in [4.69, 9.17) is 5.73 Å². The van der Waals surface area contributed by atoms with Gasteiger partial charge >= 0.3 is 0 Å². The number of amides is 1. The summed E-state index contributed by atoms with van der Waals surface area (Å²) in [7, 11) is 0. The molecule has 0 aliphatic carbocycles. The molecule has 2 heterocycles. The van der Waals surface area contributed by atoms with Gasteiger partial charge in [-0.2, -0.15) is 0 Å². The smallest absolute Gasteiger partial charge is 0.236 e. The summed E-state index contributed by atoms with van der Waals surface area (Å²) in [4.78, 5) is 17.8. The van der Waals surface area contributed by atoms with Crippen molar-refractivity contribution in [1.82, 2.24) is 15.4 Å². The number of primary amides is 1. The molecule has 6 nitrogen and oxygen atoms in total. The number of hydrogen-bond acceptors (Lipinski definition) is 4. The van der Waals surface area contributed by atoms with Crippen molar-refractivity contribution in [2.45, 2.75) is 12.5 Å². The van der Waals surface area contributed by atoms with Gasteiger partial charge in [-0.05, 0) is 6.42 Å². The molecule has 1 aromatic heterocycles. The minimum atomic E-state index is -0.325. The van der Waals surface area contributed by atoms with Gasteiger partial charge in [-0.1, -0.05) is 0 Å². The highest BCUT2D eigenvalue weighted by molar-refractivity contribution is 5.80. The molecule has 0 spiro atoms. The number of carbonyl (C=O) groups excluding carboxylic acids is 1. The fourth-order valence-corrected chi connectivity index (χ4v) is 1.35. The van der Waals surface area contributed by atoms with Gasteiger partial charge in [0.05, 0.1) is 0 Å². The van der Waals surface area contributed by atoms with Gasteiger partial charge in [0.2, 0.25) is 11.9 Å². The lowest BCUT2D eigenvalue weighted by atomic mass is 10.2. The number of hydrogen-bond donors (Lipinski definition) is 3. The van der Waals surface area contributed by atoms with E-state index in [0.717, 1.165) is 13.0 Å². The number of nitrogens with zero attached hydrogens (tertiary/aromatic N) is 2. The maximum Gasteiger partial charge on any atom is 0.236 e. The number of hydrazine groups is 1. The Morgan fingerprint density at radius 3 is 3.15 bits per heavy atom. The zero-order valence-electron chi connectivity index (χ0n) is 7.03. The second kappa shape index (κ2) is 3.06. The van der Waals surface area contributed by atoms with Crippen LogP contribution in [0.25, 0.3) is 0 Å². The van der Waals surface area contributed by atoms with E-state index < -0.39 is 0 Å². The van der Waals surface area contributed by atoms with Gasteiger partial charge in [-0.3, -0.25) is 9.80 Å². The predicted molar refractivity (Wildman–Crippen MR) is 46.7 cm³/mol.